The predicted molar refractivity (Wildman–Crippen MR) is 114 cm³/mol. The third-order valence-electron chi connectivity index (χ3n) is 5.00. The van der Waals surface area contributed by atoms with Gasteiger partial charge in [0.1, 0.15) is 5.82 Å². The fourth-order valence-corrected chi connectivity index (χ4v) is 3.80. The summed E-state index contributed by atoms with van der Waals surface area (Å²) < 4.78 is 7.52. The molecular formula is C21H25Cl2N3O3. The summed E-state index contributed by atoms with van der Waals surface area (Å²) in [6, 6.07) is 5.36. The molecule has 3 rings (SSSR count). The van der Waals surface area contributed by atoms with Crippen molar-refractivity contribution < 1.29 is 9.53 Å². The number of unbranched alkanes of at least 4 members (excludes halogenated alkanes) is 1. The maximum atomic E-state index is 13.2. The smallest absolute Gasteiger partial charge is 0.316 e. The summed E-state index contributed by atoms with van der Waals surface area (Å²) in [5.41, 5.74) is 0.493. The van der Waals surface area contributed by atoms with Crippen molar-refractivity contribution in [2.75, 3.05) is 13.2 Å². The lowest BCUT2D eigenvalue weighted by Crippen LogP contribution is -2.46. The molecule has 156 valence electrons. The second-order valence-corrected chi connectivity index (χ2v) is 8.13. The summed E-state index contributed by atoms with van der Waals surface area (Å²) in [5, 5.41) is 0.860. The van der Waals surface area contributed by atoms with E-state index < -0.39 is 5.56 Å². The van der Waals surface area contributed by atoms with Crippen molar-refractivity contribution >= 4 is 29.1 Å². The SMILES string of the molecule is CCCCOc1c2n(c(Cc3cccc(Cl)c3Cl)nc1=O)CCN(C(C)C)C2=O. The molecular weight excluding hydrogens is 413 g/mol. The van der Waals surface area contributed by atoms with E-state index in [0.29, 0.717) is 42.0 Å². The molecule has 1 amide bonds. The first-order valence-corrected chi connectivity index (χ1v) is 10.6. The number of benzene rings is 1. The molecule has 0 atom stereocenters. The lowest BCUT2D eigenvalue weighted by Gasteiger charge is -2.34. The molecule has 29 heavy (non-hydrogen) atoms. The van der Waals surface area contributed by atoms with Gasteiger partial charge in [0.25, 0.3) is 5.91 Å². The fourth-order valence-electron chi connectivity index (χ4n) is 3.41. The van der Waals surface area contributed by atoms with Gasteiger partial charge in [0, 0.05) is 25.6 Å². The van der Waals surface area contributed by atoms with Crippen molar-refractivity contribution in [3.8, 4) is 5.75 Å². The zero-order valence-electron chi connectivity index (χ0n) is 16.9. The molecule has 0 unspecified atom stereocenters. The number of carbonyl (C=O) groups excluding carboxylic acids is 1. The minimum Gasteiger partial charge on any atom is -0.486 e. The summed E-state index contributed by atoms with van der Waals surface area (Å²) in [6.07, 6.45) is 2.01. The Morgan fingerprint density at radius 2 is 1.97 bits per heavy atom. The molecule has 2 heterocycles. The Kier molecular flexibility index (Phi) is 6.85. The monoisotopic (exact) mass is 437 g/mol. The molecule has 0 radical (unpaired) electrons. The Bertz CT molecular complexity index is 972. The van der Waals surface area contributed by atoms with Gasteiger partial charge in [-0.25, -0.2) is 0 Å². The first kappa shape index (κ1) is 21.7. The maximum Gasteiger partial charge on any atom is 0.316 e. The standard InChI is InChI=1S/C21H25Cl2N3O3/c1-4-5-11-29-19-18-21(28)25(13(2)3)9-10-26(18)16(24-20(19)27)12-14-7-6-8-15(22)17(14)23/h6-8,13H,4-5,9-12H2,1-3H3. The van der Waals surface area contributed by atoms with Crippen molar-refractivity contribution in [2.24, 2.45) is 0 Å². The van der Waals surface area contributed by atoms with Gasteiger partial charge in [0.2, 0.25) is 5.75 Å². The highest BCUT2D eigenvalue weighted by Crippen LogP contribution is 2.29. The number of hydrogen-bond donors (Lipinski definition) is 0. The Labute approximate surface area is 180 Å². The summed E-state index contributed by atoms with van der Waals surface area (Å²) in [5.74, 6) is 0.305. The molecule has 8 heteroatoms. The van der Waals surface area contributed by atoms with Gasteiger partial charge in [-0.05, 0) is 31.9 Å². The van der Waals surface area contributed by atoms with E-state index in [1.165, 1.54) is 0 Å². The molecule has 0 fully saturated rings. The highest BCUT2D eigenvalue weighted by molar-refractivity contribution is 6.42. The van der Waals surface area contributed by atoms with Crippen LogP contribution < -0.4 is 10.3 Å². The number of nitrogens with zero attached hydrogens (tertiary/aromatic N) is 3. The molecule has 1 aromatic heterocycles. The Hall–Kier alpha value is -2.05. The van der Waals surface area contributed by atoms with Gasteiger partial charge in [-0.1, -0.05) is 48.7 Å². The molecule has 6 nitrogen and oxygen atoms in total. The number of amides is 1. The van der Waals surface area contributed by atoms with Crippen molar-refractivity contribution in [2.45, 2.75) is 52.6 Å². The Balaban J connectivity index is 2.10. The minimum atomic E-state index is -0.528. The highest BCUT2D eigenvalue weighted by Gasteiger charge is 2.33. The normalized spacial score (nSPS) is 13.7. The van der Waals surface area contributed by atoms with E-state index in [1.54, 1.807) is 21.6 Å². The predicted octanol–water partition coefficient (Wildman–Crippen LogP) is 4.18. The lowest BCUT2D eigenvalue weighted by atomic mass is 10.1. The third kappa shape index (κ3) is 4.43. The Morgan fingerprint density at radius 1 is 1.21 bits per heavy atom. The van der Waals surface area contributed by atoms with Crippen LogP contribution in [0.1, 0.15) is 55.5 Å². The molecule has 1 aliphatic rings. The van der Waals surface area contributed by atoms with E-state index in [-0.39, 0.29) is 23.4 Å². The van der Waals surface area contributed by atoms with Crippen LogP contribution in [-0.4, -0.2) is 39.6 Å². The molecule has 1 aromatic carbocycles. The van der Waals surface area contributed by atoms with Gasteiger partial charge >= 0.3 is 5.56 Å². The van der Waals surface area contributed by atoms with Crippen LogP contribution in [0.5, 0.6) is 5.75 Å². The summed E-state index contributed by atoms with van der Waals surface area (Å²) in [6.45, 7) is 7.39. The van der Waals surface area contributed by atoms with E-state index >= 15 is 0 Å². The van der Waals surface area contributed by atoms with Gasteiger partial charge in [-0.2, -0.15) is 4.98 Å². The number of halogens is 2. The summed E-state index contributed by atoms with van der Waals surface area (Å²) >= 11 is 12.5. The zero-order chi connectivity index (χ0) is 21.1. The maximum absolute atomic E-state index is 13.2. The fraction of sp³-hybridized carbons (Fsp3) is 0.476. The van der Waals surface area contributed by atoms with Crippen LogP contribution in [0.25, 0.3) is 0 Å². The number of fused-ring (bicyclic) bond motifs is 1. The zero-order valence-corrected chi connectivity index (χ0v) is 18.4. The van der Waals surface area contributed by atoms with Crippen LogP contribution in [-0.2, 0) is 13.0 Å². The number of carbonyl (C=O) groups is 1. The molecule has 0 N–H and O–H groups in total. The second-order valence-electron chi connectivity index (χ2n) is 7.35. The average molecular weight is 438 g/mol. The molecule has 0 saturated carbocycles. The van der Waals surface area contributed by atoms with Crippen LogP contribution in [0.3, 0.4) is 0 Å². The van der Waals surface area contributed by atoms with Crippen LogP contribution in [0.2, 0.25) is 10.0 Å². The van der Waals surface area contributed by atoms with Gasteiger partial charge in [-0.15, -0.1) is 0 Å². The second kappa shape index (κ2) is 9.18. The summed E-state index contributed by atoms with van der Waals surface area (Å²) in [7, 11) is 0. The van der Waals surface area contributed by atoms with Gasteiger partial charge < -0.3 is 14.2 Å². The first-order valence-electron chi connectivity index (χ1n) is 9.85. The van der Waals surface area contributed by atoms with E-state index in [1.807, 2.05) is 26.8 Å². The quantitative estimate of drug-likeness (QED) is 0.609. The van der Waals surface area contributed by atoms with E-state index in [4.69, 9.17) is 27.9 Å². The van der Waals surface area contributed by atoms with Gasteiger partial charge in [-0.3, -0.25) is 9.59 Å². The minimum absolute atomic E-state index is 0.0221. The number of rotatable bonds is 7. The molecule has 0 saturated heterocycles. The van der Waals surface area contributed by atoms with E-state index in [0.717, 1.165) is 18.4 Å². The Morgan fingerprint density at radius 3 is 2.66 bits per heavy atom. The third-order valence-corrected chi connectivity index (χ3v) is 5.86. The molecule has 0 bridgehead atoms. The van der Waals surface area contributed by atoms with Crippen LogP contribution in [0.4, 0.5) is 0 Å². The summed E-state index contributed by atoms with van der Waals surface area (Å²) in [4.78, 5) is 32.0. The molecule has 0 spiro atoms. The van der Waals surface area contributed by atoms with Crippen LogP contribution in [0.15, 0.2) is 23.0 Å². The highest BCUT2D eigenvalue weighted by atomic mass is 35.5. The lowest BCUT2D eigenvalue weighted by molar-refractivity contribution is 0.0635. The van der Waals surface area contributed by atoms with E-state index in [2.05, 4.69) is 4.98 Å². The van der Waals surface area contributed by atoms with Crippen molar-refractivity contribution in [3.05, 3.63) is 55.7 Å². The first-order chi connectivity index (χ1) is 13.8. The number of ether oxygens (including phenoxy) is 1. The van der Waals surface area contributed by atoms with Gasteiger partial charge in [0.05, 0.1) is 16.7 Å². The number of aromatic nitrogens is 2. The average Bonchev–Trinajstić information content (AvgIpc) is 2.67. The topological polar surface area (TPSA) is 64.4 Å². The van der Waals surface area contributed by atoms with Crippen molar-refractivity contribution in [1.29, 1.82) is 0 Å². The number of hydrogen-bond acceptors (Lipinski definition) is 4. The van der Waals surface area contributed by atoms with Crippen molar-refractivity contribution in [1.82, 2.24) is 14.5 Å². The molecule has 0 aliphatic carbocycles. The van der Waals surface area contributed by atoms with Gasteiger partial charge in [0.15, 0.2) is 5.69 Å². The van der Waals surface area contributed by atoms with Crippen molar-refractivity contribution in [3.63, 3.8) is 0 Å². The molecule has 2 aromatic rings. The largest absolute Gasteiger partial charge is 0.486 e. The van der Waals surface area contributed by atoms with Crippen LogP contribution >= 0.6 is 23.2 Å². The van der Waals surface area contributed by atoms with Crippen LogP contribution in [0, 0.1) is 0 Å². The van der Waals surface area contributed by atoms with E-state index in [9.17, 15) is 9.59 Å². The molecule has 1 aliphatic heterocycles.